The molecular formula is C24H25N5O3. The van der Waals surface area contributed by atoms with Gasteiger partial charge in [-0.2, -0.15) is 4.98 Å². The Morgan fingerprint density at radius 3 is 2.56 bits per heavy atom. The molecule has 0 bridgehead atoms. The molecule has 0 radical (unpaired) electrons. The summed E-state index contributed by atoms with van der Waals surface area (Å²) in [7, 11) is 3.13. The minimum Gasteiger partial charge on any atom is -0.382 e. The average molecular weight is 431 g/mol. The number of nitrogens with zero attached hydrogens (tertiary/aromatic N) is 5. The fraction of sp³-hybridized carbons (Fsp3) is 0.292. The van der Waals surface area contributed by atoms with Crippen LogP contribution in [0.3, 0.4) is 0 Å². The molecule has 2 aromatic carbocycles. The van der Waals surface area contributed by atoms with Gasteiger partial charge in [-0.25, -0.2) is 4.79 Å². The van der Waals surface area contributed by atoms with Gasteiger partial charge in [-0.1, -0.05) is 36.4 Å². The van der Waals surface area contributed by atoms with E-state index in [0.29, 0.717) is 36.7 Å². The van der Waals surface area contributed by atoms with E-state index in [-0.39, 0.29) is 11.2 Å². The predicted molar refractivity (Wildman–Crippen MR) is 125 cm³/mol. The standard InChI is InChI=1S/C24H25N5O3/c1-4-32-13-7-12-28-19(18-11-10-16-8-5-6-9-17(16)14-18)15-29-20-21(25-23(28)29)26(2)24(31)27(3)22(20)30/h5-6,8-11,14-15H,4,7,12-13H2,1-3H3. The molecule has 5 aromatic rings. The zero-order valence-corrected chi connectivity index (χ0v) is 18.4. The molecule has 0 atom stereocenters. The molecule has 8 heteroatoms. The van der Waals surface area contributed by atoms with Crippen LogP contribution in [0.5, 0.6) is 0 Å². The first-order valence-electron chi connectivity index (χ1n) is 10.8. The second kappa shape index (κ2) is 7.80. The number of ether oxygens (including phenoxy) is 1. The highest BCUT2D eigenvalue weighted by atomic mass is 16.5. The Bertz CT molecular complexity index is 1590. The molecule has 164 valence electrons. The quantitative estimate of drug-likeness (QED) is 0.388. The Morgan fingerprint density at radius 2 is 1.78 bits per heavy atom. The average Bonchev–Trinajstić information content (AvgIpc) is 3.35. The maximum absolute atomic E-state index is 13.0. The normalized spacial score (nSPS) is 11.8. The van der Waals surface area contributed by atoms with Gasteiger partial charge in [0.05, 0.1) is 5.69 Å². The summed E-state index contributed by atoms with van der Waals surface area (Å²) in [6.45, 7) is 3.96. The first kappa shape index (κ1) is 20.3. The molecule has 0 aliphatic rings. The van der Waals surface area contributed by atoms with Crippen molar-refractivity contribution in [3.8, 4) is 11.3 Å². The second-order valence-electron chi connectivity index (χ2n) is 7.94. The molecule has 5 rings (SSSR count). The minimum absolute atomic E-state index is 0.355. The van der Waals surface area contributed by atoms with Crippen LogP contribution >= 0.6 is 0 Å². The molecular weight excluding hydrogens is 406 g/mol. The fourth-order valence-electron chi connectivity index (χ4n) is 4.28. The van der Waals surface area contributed by atoms with Crippen molar-refractivity contribution in [3.63, 3.8) is 0 Å². The molecule has 8 nitrogen and oxygen atoms in total. The largest absolute Gasteiger partial charge is 0.382 e. The van der Waals surface area contributed by atoms with Crippen molar-refractivity contribution in [2.45, 2.75) is 19.9 Å². The third-order valence-electron chi connectivity index (χ3n) is 5.98. The summed E-state index contributed by atoms with van der Waals surface area (Å²) < 4.78 is 12.0. The van der Waals surface area contributed by atoms with E-state index in [1.165, 1.54) is 17.0 Å². The highest BCUT2D eigenvalue weighted by molar-refractivity contribution is 5.87. The Balaban J connectivity index is 1.77. The maximum atomic E-state index is 13.0. The third-order valence-corrected chi connectivity index (χ3v) is 5.98. The SMILES string of the molecule is CCOCCCn1c(-c2ccc3ccccc3c2)cn2c3c(=O)n(C)c(=O)n(C)c3nc12. The molecule has 0 aliphatic carbocycles. The van der Waals surface area contributed by atoms with Crippen LogP contribution in [-0.2, 0) is 25.4 Å². The van der Waals surface area contributed by atoms with E-state index < -0.39 is 0 Å². The van der Waals surface area contributed by atoms with E-state index >= 15 is 0 Å². The molecule has 0 aliphatic heterocycles. The van der Waals surface area contributed by atoms with Gasteiger partial charge < -0.3 is 9.30 Å². The third kappa shape index (κ3) is 3.06. The van der Waals surface area contributed by atoms with Gasteiger partial charge in [-0.05, 0) is 30.2 Å². The number of fused-ring (bicyclic) bond motifs is 4. The van der Waals surface area contributed by atoms with Gasteiger partial charge in [-0.15, -0.1) is 0 Å². The van der Waals surface area contributed by atoms with Gasteiger partial charge in [0.15, 0.2) is 11.2 Å². The number of rotatable bonds is 6. The van der Waals surface area contributed by atoms with E-state index in [1.54, 1.807) is 7.05 Å². The highest BCUT2D eigenvalue weighted by Crippen LogP contribution is 2.28. The summed E-state index contributed by atoms with van der Waals surface area (Å²) in [4.78, 5) is 30.1. The van der Waals surface area contributed by atoms with Crippen LogP contribution in [-0.4, -0.2) is 36.3 Å². The van der Waals surface area contributed by atoms with Crippen LogP contribution in [0.4, 0.5) is 0 Å². The van der Waals surface area contributed by atoms with Crippen LogP contribution in [0.15, 0.2) is 58.3 Å². The van der Waals surface area contributed by atoms with Crippen LogP contribution in [0.1, 0.15) is 13.3 Å². The summed E-state index contributed by atoms with van der Waals surface area (Å²) in [6, 6.07) is 14.6. The molecule has 3 heterocycles. The highest BCUT2D eigenvalue weighted by Gasteiger charge is 2.20. The Hall–Kier alpha value is -3.65. The minimum atomic E-state index is -0.388. The van der Waals surface area contributed by atoms with Crippen molar-refractivity contribution >= 4 is 27.7 Å². The van der Waals surface area contributed by atoms with Gasteiger partial charge in [0.25, 0.3) is 5.56 Å². The van der Waals surface area contributed by atoms with Crippen molar-refractivity contribution in [2.75, 3.05) is 13.2 Å². The lowest BCUT2D eigenvalue weighted by Gasteiger charge is -2.10. The summed E-state index contributed by atoms with van der Waals surface area (Å²) in [6.07, 6.45) is 2.75. The van der Waals surface area contributed by atoms with Crippen molar-refractivity contribution in [1.82, 2.24) is 23.1 Å². The first-order valence-corrected chi connectivity index (χ1v) is 10.8. The predicted octanol–water partition coefficient (Wildman–Crippen LogP) is 2.93. The van der Waals surface area contributed by atoms with Crippen molar-refractivity contribution < 1.29 is 4.74 Å². The molecule has 0 saturated carbocycles. The number of hydrogen-bond donors (Lipinski definition) is 0. The van der Waals surface area contributed by atoms with Crippen LogP contribution in [0.2, 0.25) is 0 Å². The number of benzene rings is 2. The van der Waals surface area contributed by atoms with E-state index in [9.17, 15) is 9.59 Å². The number of imidazole rings is 2. The van der Waals surface area contributed by atoms with E-state index in [2.05, 4.69) is 34.9 Å². The Kier molecular flexibility index (Phi) is 4.94. The molecule has 0 N–H and O–H groups in total. The topological polar surface area (TPSA) is 75.5 Å². The van der Waals surface area contributed by atoms with Crippen LogP contribution in [0.25, 0.3) is 39.0 Å². The number of aromatic nitrogens is 5. The molecule has 3 aromatic heterocycles. The van der Waals surface area contributed by atoms with Crippen molar-refractivity contribution in [3.05, 3.63) is 69.5 Å². The van der Waals surface area contributed by atoms with Gasteiger partial charge in [-0.3, -0.25) is 18.3 Å². The van der Waals surface area contributed by atoms with Crippen molar-refractivity contribution in [1.29, 1.82) is 0 Å². The van der Waals surface area contributed by atoms with Crippen molar-refractivity contribution in [2.24, 2.45) is 14.1 Å². The van der Waals surface area contributed by atoms with Gasteiger partial charge in [0.1, 0.15) is 0 Å². The molecule has 0 spiro atoms. The van der Waals surface area contributed by atoms with E-state index in [0.717, 1.165) is 27.6 Å². The summed E-state index contributed by atoms with van der Waals surface area (Å²) in [5.41, 5.74) is 2.05. The first-order chi connectivity index (χ1) is 15.5. The van der Waals surface area contributed by atoms with E-state index in [1.807, 2.05) is 29.7 Å². The Labute approximate surface area is 183 Å². The lowest BCUT2D eigenvalue weighted by molar-refractivity contribution is 0.142. The lowest BCUT2D eigenvalue weighted by atomic mass is 10.1. The molecule has 0 unspecified atom stereocenters. The van der Waals surface area contributed by atoms with Gasteiger partial charge in [0.2, 0.25) is 5.78 Å². The monoisotopic (exact) mass is 431 g/mol. The molecule has 0 amide bonds. The van der Waals surface area contributed by atoms with Gasteiger partial charge in [0, 0.05) is 45.6 Å². The summed E-state index contributed by atoms with van der Waals surface area (Å²) >= 11 is 0. The smallest absolute Gasteiger partial charge is 0.332 e. The van der Waals surface area contributed by atoms with Crippen LogP contribution in [0, 0.1) is 0 Å². The Morgan fingerprint density at radius 1 is 1.00 bits per heavy atom. The summed E-state index contributed by atoms with van der Waals surface area (Å²) in [5, 5.41) is 2.32. The molecule has 0 fully saturated rings. The fourth-order valence-corrected chi connectivity index (χ4v) is 4.28. The maximum Gasteiger partial charge on any atom is 0.332 e. The van der Waals surface area contributed by atoms with Gasteiger partial charge >= 0.3 is 5.69 Å². The number of aryl methyl sites for hydroxylation is 2. The van der Waals surface area contributed by atoms with Crippen LogP contribution < -0.4 is 11.2 Å². The lowest BCUT2D eigenvalue weighted by Crippen LogP contribution is -2.37. The zero-order valence-electron chi connectivity index (χ0n) is 18.4. The molecule has 32 heavy (non-hydrogen) atoms. The zero-order chi connectivity index (χ0) is 22.4. The second-order valence-corrected chi connectivity index (χ2v) is 7.94. The summed E-state index contributed by atoms with van der Waals surface area (Å²) in [5.74, 6) is 0.637. The van der Waals surface area contributed by atoms with E-state index in [4.69, 9.17) is 9.72 Å². The molecule has 0 saturated heterocycles. The number of hydrogen-bond acceptors (Lipinski definition) is 4.